The second kappa shape index (κ2) is 8.61. The Hall–Kier alpha value is -4.65. The number of nitrogens with zero attached hydrogens (tertiary/aromatic N) is 2. The van der Waals surface area contributed by atoms with E-state index >= 15 is 0 Å². The molecule has 0 aliphatic heterocycles. The number of pyridine rings is 2. The Balaban J connectivity index is 1.90. The first kappa shape index (κ1) is 20.6. The normalized spacial score (nSPS) is 10.5. The summed E-state index contributed by atoms with van der Waals surface area (Å²) in [7, 11) is 0. The fraction of sp³-hybridized carbons (Fsp3) is 0. The molecule has 0 amide bonds. The van der Waals surface area contributed by atoms with Crippen LogP contribution >= 0.6 is 0 Å². The Morgan fingerprint density at radius 2 is 0.906 bits per heavy atom. The van der Waals surface area contributed by atoms with Gasteiger partial charge in [-0.15, -0.1) is 0 Å². The molecule has 7 heteroatoms. The molecule has 7 nitrogen and oxygen atoms in total. The van der Waals surface area contributed by atoms with Crippen LogP contribution in [0.1, 0.15) is 36.6 Å². The van der Waals surface area contributed by atoms with Gasteiger partial charge >= 0.3 is 11.9 Å². The van der Waals surface area contributed by atoms with Crippen molar-refractivity contribution < 1.29 is 24.6 Å². The molecule has 0 bridgehead atoms. The van der Waals surface area contributed by atoms with Gasteiger partial charge in [0.1, 0.15) is 0 Å². The highest BCUT2D eigenvalue weighted by molar-refractivity contribution is 6.16. The number of hydrogen-bond donors (Lipinski definition) is 2. The van der Waals surface area contributed by atoms with E-state index in [0.29, 0.717) is 11.1 Å². The monoisotopic (exact) mass is 424 g/mol. The Bertz CT molecular complexity index is 1260. The van der Waals surface area contributed by atoms with Crippen molar-refractivity contribution in [1.29, 1.82) is 0 Å². The number of aromatic carboxylic acids is 2. The van der Waals surface area contributed by atoms with Crippen LogP contribution in [-0.4, -0.2) is 37.9 Å². The zero-order valence-corrected chi connectivity index (χ0v) is 16.6. The van der Waals surface area contributed by atoms with Crippen LogP contribution in [0, 0.1) is 0 Å². The second-order valence-corrected chi connectivity index (χ2v) is 6.83. The molecule has 0 saturated heterocycles. The summed E-state index contributed by atoms with van der Waals surface area (Å²) in [4.78, 5) is 45.6. The van der Waals surface area contributed by atoms with Gasteiger partial charge in [0, 0.05) is 34.6 Å². The lowest BCUT2D eigenvalue weighted by Gasteiger charge is -2.13. The number of carboxylic acid groups (broad SMARTS) is 2. The Morgan fingerprint density at radius 1 is 0.531 bits per heavy atom. The van der Waals surface area contributed by atoms with Gasteiger partial charge in [0.25, 0.3) is 0 Å². The van der Waals surface area contributed by atoms with Crippen molar-refractivity contribution in [2.24, 2.45) is 0 Å². The van der Waals surface area contributed by atoms with Gasteiger partial charge in [-0.2, -0.15) is 0 Å². The van der Waals surface area contributed by atoms with E-state index in [1.54, 1.807) is 60.7 Å². The molecule has 0 spiro atoms. The standard InChI is InChI=1S/C25H16N2O5/c28-23(19-11-5-13-26-21(19)15-7-1-3-9-17(15)24(29)30)20-12-6-14-27-22(20)16-8-2-4-10-18(16)25(31)32/h1-14H,(H,29,30)(H,31,32). The molecule has 2 N–H and O–H groups in total. The lowest BCUT2D eigenvalue weighted by Crippen LogP contribution is -2.10. The molecule has 32 heavy (non-hydrogen) atoms. The number of carbonyl (C=O) groups excluding carboxylic acids is 1. The highest BCUT2D eigenvalue weighted by Crippen LogP contribution is 2.31. The molecule has 0 fully saturated rings. The first-order chi connectivity index (χ1) is 15.5. The maximum Gasteiger partial charge on any atom is 0.336 e. The van der Waals surface area contributed by atoms with Crippen LogP contribution in [0.25, 0.3) is 22.5 Å². The zero-order valence-electron chi connectivity index (χ0n) is 16.6. The van der Waals surface area contributed by atoms with E-state index in [-0.39, 0.29) is 33.6 Å². The number of aromatic nitrogens is 2. The third-order valence-corrected chi connectivity index (χ3v) is 4.93. The number of benzene rings is 2. The quantitative estimate of drug-likeness (QED) is 0.439. The lowest BCUT2D eigenvalue weighted by atomic mass is 9.92. The molecule has 0 aliphatic carbocycles. The van der Waals surface area contributed by atoms with E-state index in [1.807, 2.05) is 0 Å². The van der Waals surface area contributed by atoms with E-state index in [1.165, 1.54) is 24.5 Å². The van der Waals surface area contributed by atoms with Gasteiger partial charge in [0.05, 0.1) is 22.5 Å². The topological polar surface area (TPSA) is 117 Å². The Kier molecular flexibility index (Phi) is 5.55. The van der Waals surface area contributed by atoms with E-state index in [2.05, 4.69) is 9.97 Å². The summed E-state index contributed by atoms with van der Waals surface area (Å²) in [5.41, 5.74) is 1.45. The van der Waals surface area contributed by atoms with Crippen LogP contribution in [0.4, 0.5) is 0 Å². The van der Waals surface area contributed by atoms with E-state index < -0.39 is 17.7 Å². The second-order valence-electron chi connectivity index (χ2n) is 6.83. The minimum absolute atomic E-state index is 0.0166. The maximum atomic E-state index is 13.6. The molecule has 0 saturated carbocycles. The van der Waals surface area contributed by atoms with E-state index in [0.717, 1.165) is 0 Å². The molecule has 0 aliphatic rings. The van der Waals surface area contributed by atoms with Gasteiger partial charge in [-0.25, -0.2) is 9.59 Å². The smallest absolute Gasteiger partial charge is 0.336 e. The molecule has 0 radical (unpaired) electrons. The molecule has 4 aromatic rings. The van der Waals surface area contributed by atoms with Crippen LogP contribution in [0.2, 0.25) is 0 Å². The van der Waals surface area contributed by atoms with Crippen molar-refractivity contribution in [2.45, 2.75) is 0 Å². The fourth-order valence-corrected chi connectivity index (χ4v) is 3.50. The van der Waals surface area contributed by atoms with Gasteiger partial charge < -0.3 is 10.2 Å². The van der Waals surface area contributed by atoms with Crippen LogP contribution in [0.3, 0.4) is 0 Å². The number of ketones is 1. The van der Waals surface area contributed by atoms with Gasteiger partial charge in [0.15, 0.2) is 5.78 Å². The lowest BCUT2D eigenvalue weighted by molar-refractivity contribution is 0.0687. The van der Waals surface area contributed by atoms with Crippen LogP contribution < -0.4 is 0 Å². The zero-order chi connectivity index (χ0) is 22.7. The number of carbonyl (C=O) groups is 3. The molecule has 2 heterocycles. The average Bonchev–Trinajstić information content (AvgIpc) is 2.83. The summed E-state index contributed by atoms with van der Waals surface area (Å²) >= 11 is 0. The highest BCUT2D eigenvalue weighted by atomic mass is 16.4. The van der Waals surface area contributed by atoms with Gasteiger partial charge in [-0.05, 0) is 36.4 Å². The first-order valence-electron chi connectivity index (χ1n) is 9.59. The van der Waals surface area contributed by atoms with Crippen molar-refractivity contribution in [2.75, 3.05) is 0 Å². The Morgan fingerprint density at radius 3 is 1.31 bits per heavy atom. The molecule has 0 atom stereocenters. The number of carboxylic acids is 2. The molecule has 4 rings (SSSR count). The van der Waals surface area contributed by atoms with Crippen molar-refractivity contribution in [1.82, 2.24) is 9.97 Å². The van der Waals surface area contributed by atoms with Crippen molar-refractivity contribution in [3.8, 4) is 22.5 Å². The predicted octanol–water partition coefficient (Wildman–Crippen LogP) is 4.44. The van der Waals surface area contributed by atoms with E-state index in [9.17, 15) is 24.6 Å². The fourth-order valence-electron chi connectivity index (χ4n) is 3.50. The number of hydrogen-bond acceptors (Lipinski definition) is 5. The molecule has 156 valence electrons. The minimum Gasteiger partial charge on any atom is -0.478 e. The first-order valence-corrected chi connectivity index (χ1v) is 9.59. The number of rotatable bonds is 6. The summed E-state index contributed by atoms with van der Waals surface area (Å²) in [6.07, 6.45) is 2.96. The predicted molar refractivity (Wildman–Crippen MR) is 117 cm³/mol. The molecule has 2 aromatic heterocycles. The summed E-state index contributed by atoms with van der Waals surface area (Å²) in [6.45, 7) is 0. The third-order valence-electron chi connectivity index (χ3n) is 4.93. The maximum absolute atomic E-state index is 13.6. The van der Waals surface area contributed by atoms with Gasteiger partial charge in [-0.1, -0.05) is 36.4 Å². The van der Waals surface area contributed by atoms with Gasteiger partial charge in [0.2, 0.25) is 0 Å². The summed E-state index contributed by atoms with van der Waals surface area (Å²) < 4.78 is 0. The summed E-state index contributed by atoms with van der Waals surface area (Å²) in [5.74, 6) is -2.72. The Labute approximate surface area is 182 Å². The molecular weight excluding hydrogens is 408 g/mol. The van der Waals surface area contributed by atoms with Gasteiger partial charge in [-0.3, -0.25) is 14.8 Å². The molecule has 2 aromatic carbocycles. The van der Waals surface area contributed by atoms with Crippen molar-refractivity contribution >= 4 is 17.7 Å². The largest absolute Gasteiger partial charge is 0.478 e. The minimum atomic E-state index is -1.14. The average molecular weight is 424 g/mol. The van der Waals surface area contributed by atoms with Crippen molar-refractivity contribution in [3.05, 3.63) is 107 Å². The summed E-state index contributed by atoms with van der Waals surface area (Å²) in [5, 5.41) is 19.1. The molecule has 0 unspecified atom stereocenters. The SMILES string of the molecule is O=C(O)c1ccccc1-c1ncccc1C(=O)c1cccnc1-c1ccccc1C(=O)O. The third kappa shape index (κ3) is 3.75. The van der Waals surface area contributed by atoms with Crippen LogP contribution in [-0.2, 0) is 0 Å². The highest BCUT2D eigenvalue weighted by Gasteiger charge is 2.24. The van der Waals surface area contributed by atoms with Crippen LogP contribution in [0.15, 0.2) is 85.2 Å². The molecular formula is C25H16N2O5. The van der Waals surface area contributed by atoms with E-state index in [4.69, 9.17) is 0 Å². The summed E-state index contributed by atoms with van der Waals surface area (Å²) in [6, 6.07) is 18.9. The van der Waals surface area contributed by atoms with Crippen LogP contribution in [0.5, 0.6) is 0 Å². The van der Waals surface area contributed by atoms with Crippen molar-refractivity contribution in [3.63, 3.8) is 0 Å².